The standard InChI is InChI=1S/C17H18FN3O2/c18-14-4-2-1-3-13(14)16-20-19-15(23-16)11-7-9-21(10-8-11)17(22)12-5-6-12/h1-4,11-12H,5-10H2. The van der Waals surface area contributed by atoms with E-state index in [1.165, 1.54) is 6.07 Å². The lowest BCUT2D eigenvalue weighted by molar-refractivity contribution is -0.133. The molecule has 2 aromatic rings. The van der Waals surface area contributed by atoms with E-state index in [4.69, 9.17) is 4.42 Å². The van der Waals surface area contributed by atoms with E-state index in [1.807, 2.05) is 4.90 Å². The number of nitrogens with zero attached hydrogens (tertiary/aromatic N) is 3. The first-order valence-electron chi connectivity index (χ1n) is 8.09. The van der Waals surface area contributed by atoms with Crippen LogP contribution in [0.25, 0.3) is 11.5 Å². The summed E-state index contributed by atoms with van der Waals surface area (Å²) in [7, 11) is 0. The molecule has 2 aliphatic rings. The van der Waals surface area contributed by atoms with Gasteiger partial charge in [0.25, 0.3) is 5.89 Å². The van der Waals surface area contributed by atoms with Crippen molar-refractivity contribution >= 4 is 5.91 Å². The monoisotopic (exact) mass is 315 g/mol. The molecular weight excluding hydrogens is 297 g/mol. The maximum atomic E-state index is 13.8. The van der Waals surface area contributed by atoms with E-state index in [1.54, 1.807) is 18.2 Å². The van der Waals surface area contributed by atoms with Crippen LogP contribution in [-0.2, 0) is 4.79 Å². The SMILES string of the molecule is O=C(C1CC1)N1CCC(c2nnc(-c3ccccc3F)o2)CC1. The zero-order chi connectivity index (χ0) is 15.8. The zero-order valence-electron chi connectivity index (χ0n) is 12.7. The Morgan fingerprint density at radius 3 is 2.57 bits per heavy atom. The third-order valence-corrected chi connectivity index (χ3v) is 4.63. The van der Waals surface area contributed by atoms with E-state index in [-0.39, 0.29) is 23.5 Å². The smallest absolute Gasteiger partial charge is 0.250 e. The average Bonchev–Trinajstić information content (AvgIpc) is 3.32. The fraction of sp³-hybridized carbons (Fsp3) is 0.471. The number of likely N-dealkylation sites (tertiary alicyclic amines) is 1. The topological polar surface area (TPSA) is 59.2 Å². The number of aromatic nitrogens is 2. The average molecular weight is 315 g/mol. The summed E-state index contributed by atoms with van der Waals surface area (Å²) >= 11 is 0. The van der Waals surface area contributed by atoms with Crippen molar-refractivity contribution < 1.29 is 13.6 Å². The van der Waals surface area contributed by atoms with E-state index in [9.17, 15) is 9.18 Å². The van der Waals surface area contributed by atoms with Crippen LogP contribution in [0.15, 0.2) is 28.7 Å². The van der Waals surface area contributed by atoms with Gasteiger partial charge >= 0.3 is 0 Å². The van der Waals surface area contributed by atoms with Gasteiger partial charge in [-0.1, -0.05) is 12.1 Å². The van der Waals surface area contributed by atoms with Gasteiger partial charge in [0.1, 0.15) is 5.82 Å². The Labute approximate surface area is 133 Å². The molecule has 1 aliphatic carbocycles. The molecule has 2 fully saturated rings. The molecule has 0 bridgehead atoms. The highest BCUT2D eigenvalue weighted by Gasteiger charge is 2.35. The van der Waals surface area contributed by atoms with E-state index >= 15 is 0 Å². The number of hydrogen-bond acceptors (Lipinski definition) is 4. The van der Waals surface area contributed by atoms with Crippen molar-refractivity contribution in [2.45, 2.75) is 31.6 Å². The normalized spacial score (nSPS) is 19.1. The molecule has 4 rings (SSSR count). The molecule has 2 heterocycles. The van der Waals surface area contributed by atoms with Gasteiger partial charge in [0.05, 0.1) is 5.56 Å². The van der Waals surface area contributed by atoms with Crippen molar-refractivity contribution in [1.82, 2.24) is 15.1 Å². The summed E-state index contributed by atoms with van der Waals surface area (Å²) in [6.07, 6.45) is 3.71. The molecule has 23 heavy (non-hydrogen) atoms. The van der Waals surface area contributed by atoms with Crippen molar-refractivity contribution in [3.05, 3.63) is 36.0 Å². The zero-order valence-corrected chi connectivity index (χ0v) is 12.7. The molecule has 1 amide bonds. The lowest BCUT2D eigenvalue weighted by atomic mass is 9.96. The molecule has 0 radical (unpaired) electrons. The molecule has 1 aromatic heterocycles. The molecular formula is C17H18FN3O2. The Morgan fingerprint density at radius 1 is 1.13 bits per heavy atom. The van der Waals surface area contributed by atoms with Gasteiger partial charge in [-0.15, -0.1) is 10.2 Å². The highest BCUT2D eigenvalue weighted by Crippen LogP contribution is 2.34. The summed E-state index contributed by atoms with van der Waals surface area (Å²) in [5, 5.41) is 8.07. The van der Waals surface area contributed by atoms with Gasteiger partial charge in [-0.25, -0.2) is 4.39 Å². The molecule has 1 aliphatic heterocycles. The van der Waals surface area contributed by atoms with Crippen LogP contribution >= 0.6 is 0 Å². The first-order chi connectivity index (χ1) is 11.2. The summed E-state index contributed by atoms with van der Waals surface area (Å²) < 4.78 is 19.5. The van der Waals surface area contributed by atoms with E-state index < -0.39 is 0 Å². The maximum Gasteiger partial charge on any atom is 0.250 e. The third-order valence-electron chi connectivity index (χ3n) is 4.63. The van der Waals surface area contributed by atoms with Crippen LogP contribution in [-0.4, -0.2) is 34.1 Å². The number of hydrogen-bond donors (Lipinski definition) is 0. The van der Waals surface area contributed by atoms with E-state index in [0.29, 0.717) is 17.4 Å². The summed E-state index contributed by atoms with van der Waals surface area (Å²) in [5.74, 6) is 1.10. The Hall–Kier alpha value is -2.24. The molecule has 0 N–H and O–H groups in total. The second-order valence-electron chi connectivity index (χ2n) is 6.30. The number of halogens is 1. The Kier molecular flexibility index (Phi) is 3.59. The van der Waals surface area contributed by atoms with Crippen LogP contribution in [0.4, 0.5) is 4.39 Å². The molecule has 1 saturated carbocycles. The minimum atomic E-state index is -0.368. The fourth-order valence-corrected chi connectivity index (χ4v) is 3.08. The van der Waals surface area contributed by atoms with Crippen LogP contribution in [0.2, 0.25) is 0 Å². The largest absolute Gasteiger partial charge is 0.420 e. The quantitative estimate of drug-likeness (QED) is 0.873. The maximum absolute atomic E-state index is 13.8. The molecule has 0 spiro atoms. The lowest BCUT2D eigenvalue weighted by Crippen LogP contribution is -2.38. The summed E-state index contributed by atoms with van der Waals surface area (Å²) in [4.78, 5) is 14.0. The first kappa shape index (κ1) is 14.4. The summed E-state index contributed by atoms with van der Waals surface area (Å²) in [6.45, 7) is 1.47. The molecule has 0 unspecified atom stereocenters. The minimum absolute atomic E-state index is 0.145. The Balaban J connectivity index is 1.44. The van der Waals surface area contributed by atoms with E-state index in [2.05, 4.69) is 10.2 Å². The van der Waals surface area contributed by atoms with Gasteiger partial charge < -0.3 is 9.32 Å². The Bertz CT molecular complexity index is 718. The predicted octanol–water partition coefficient (Wildman–Crippen LogP) is 2.99. The van der Waals surface area contributed by atoms with Crippen LogP contribution in [0.3, 0.4) is 0 Å². The number of carbonyl (C=O) groups is 1. The number of carbonyl (C=O) groups excluding carboxylic acids is 1. The van der Waals surface area contributed by atoms with E-state index in [0.717, 1.165) is 38.8 Å². The fourth-order valence-electron chi connectivity index (χ4n) is 3.08. The summed E-state index contributed by atoms with van der Waals surface area (Å²) in [6, 6.07) is 6.37. The second-order valence-corrected chi connectivity index (χ2v) is 6.30. The lowest BCUT2D eigenvalue weighted by Gasteiger charge is -2.30. The molecule has 6 heteroatoms. The van der Waals surface area contributed by atoms with Gasteiger partial charge in [0.15, 0.2) is 0 Å². The van der Waals surface area contributed by atoms with Crippen molar-refractivity contribution in [3.63, 3.8) is 0 Å². The van der Waals surface area contributed by atoms with Gasteiger partial charge in [-0.3, -0.25) is 4.79 Å². The molecule has 1 saturated heterocycles. The van der Waals surface area contributed by atoms with Crippen molar-refractivity contribution in [2.24, 2.45) is 5.92 Å². The van der Waals surface area contributed by atoms with Crippen LogP contribution in [0.5, 0.6) is 0 Å². The number of amides is 1. The second kappa shape index (κ2) is 5.76. The highest BCUT2D eigenvalue weighted by atomic mass is 19.1. The number of benzene rings is 1. The Morgan fingerprint density at radius 2 is 1.87 bits per heavy atom. The molecule has 120 valence electrons. The van der Waals surface area contributed by atoms with Crippen LogP contribution in [0.1, 0.15) is 37.5 Å². The minimum Gasteiger partial charge on any atom is -0.420 e. The highest BCUT2D eigenvalue weighted by molar-refractivity contribution is 5.81. The molecule has 0 atom stereocenters. The van der Waals surface area contributed by atoms with Gasteiger partial charge in [0, 0.05) is 24.9 Å². The summed E-state index contributed by atoms with van der Waals surface area (Å²) in [5.41, 5.74) is 0.326. The molecule has 1 aromatic carbocycles. The van der Waals surface area contributed by atoms with Gasteiger partial charge in [0.2, 0.25) is 11.8 Å². The predicted molar refractivity (Wildman–Crippen MR) is 81.0 cm³/mol. The number of piperidine rings is 1. The van der Waals surface area contributed by atoms with Crippen LogP contribution in [0, 0.1) is 11.7 Å². The van der Waals surface area contributed by atoms with Crippen molar-refractivity contribution in [2.75, 3.05) is 13.1 Å². The van der Waals surface area contributed by atoms with Gasteiger partial charge in [-0.2, -0.15) is 0 Å². The molecule has 5 nitrogen and oxygen atoms in total. The third kappa shape index (κ3) is 2.85. The van der Waals surface area contributed by atoms with Crippen LogP contribution < -0.4 is 0 Å². The number of rotatable bonds is 3. The van der Waals surface area contributed by atoms with Crippen molar-refractivity contribution in [3.8, 4) is 11.5 Å². The first-order valence-corrected chi connectivity index (χ1v) is 8.09. The van der Waals surface area contributed by atoms with Crippen molar-refractivity contribution in [1.29, 1.82) is 0 Å². The van der Waals surface area contributed by atoms with Gasteiger partial charge in [-0.05, 0) is 37.8 Å².